The van der Waals surface area contributed by atoms with Gasteiger partial charge in [-0.25, -0.2) is 0 Å². The number of pyridine rings is 1. The first kappa shape index (κ1) is 10.7. The van der Waals surface area contributed by atoms with E-state index in [4.69, 9.17) is 34.8 Å². The van der Waals surface area contributed by atoms with E-state index < -0.39 is 0 Å². The van der Waals surface area contributed by atoms with Crippen LogP contribution in [-0.2, 0) is 0 Å². The highest BCUT2D eigenvalue weighted by Gasteiger charge is 2.08. The van der Waals surface area contributed by atoms with E-state index in [1.807, 2.05) is 0 Å². The minimum Gasteiger partial charge on any atom is -0.253 e. The molecule has 0 bridgehead atoms. The summed E-state index contributed by atoms with van der Waals surface area (Å²) in [6.45, 7) is 0. The summed E-state index contributed by atoms with van der Waals surface area (Å²) in [5.41, 5.74) is 0.682. The molecular weight excluding hydrogens is 355 g/mol. The van der Waals surface area contributed by atoms with Gasteiger partial charge in [0.1, 0.15) is 0 Å². The van der Waals surface area contributed by atoms with E-state index in [0.29, 0.717) is 20.6 Å². The summed E-state index contributed by atoms with van der Waals surface area (Å²) < 4.78 is 0.884. The molecule has 0 aliphatic carbocycles. The molecule has 0 unspecified atom stereocenters. The maximum Gasteiger partial charge on any atom is 0.0904 e. The Bertz CT molecular complexity index is 513. The molecule has 0 fully saturated rings. The normalized spacial score (nSPS) is 10.9. The predicted octanol–water partition coefficient (Wildman–Crippen LogP) is 4.80. The molecule has 1 heterocycles. The molecule has 1 aromatic heterocycles. The second kappa shape index (κ2) is 4.00. The van der Waals surface area contributed by atoms with Gasteiger partial charge >= 0.3 is 0 Å². The average molecular weight is 358 g/mol. The van der Waals surface area contributed by atoms with Crippen molar-refractivity contribution in [3.05, 3.63) is 37.0 Å². The summed E-state index contributed by atoms with van der Waals surface area (Å²) >= 11 is 20.1. The Morgan fingerprint density at radius 1 is 1.14 bits per heavy atom. The van der Waals surface area contributed by atoms with Crippen LogP contribution in [0, 0.1) is 3.57 Å². The molecule has 0 saturated carbocycles. The zero-order valence-electron chi connectivity index (χ0n) is 6.69. The standard InChI is InChI=1S/C9H3Cl3IN/c10-4-1-5-8(12)7(13)3-14-9(5)6(11)2-4/h1-3H. The molecule has 14 heavy (non-hydrogen) atoms. The summed E-state index contributed by atoms with van der Waals surface area (Å²) in [7, 11) is 0. The largest absolute Gasteiger partial charge is 0.253 e. The van der Waals surface area contributed by atoms with E-state index in [-0.39, 0.29) is 0 Å². The number of hydrogen-bond acceptors (Lipinski definition) is 1. The molecule has 0 radical (unpaired) electrons. The molecule has 2 rings (SSSR count). The molecule has 0 amide bonds. The van der Waals surface area contributed by atoms with Gasteiger partial charge in [-0.3, -0.25) is 4.98 Å². The van der Waals surface area contributed by atoms with E-state index in [2.05, 4.69) is 27.6 Å². The quantitative estimate of drug-likeness (QED) is 0.617. The fourth-order valence-electron chi connectivity index (χ4n) is 1.17. The maximum absolute atomic E-state index is 6.11. The van der Waals surface area contributed by atoms with Crippen molar-refractivity contribution < 1.29 is 0 Å². The number of benzene rings is 1. The minimum atomic E-state index is 0.519. The minimum absolute atomic E-state index is 0.519. The van der Waals surface area contributed by atoms with Crippen LogP contribution in [0.4, 0.5) is 0 Å². The second-order valence-corrected chi connectivity index (χ2v) is 5.09. The molecular formula is C9H3Cl3IN. The van der Waals surface area contributed by atoms with E-state index >= 15 is 0 Å². The molecule has 0 atom stereocenters. The topological polar surface area (TPSA) is 12.9 Å². The van der Waals surface area contributed by atoms with Gasteiger partial charge in [0, 0.05) is 16.6 Å². The Kier molecular flexibility index (Phi) is 3.07. The summed E-state index contributed by atoms with van der Waals surface area (Å²) in [5, 5.41) is 2.51. The van der Waals surface area contributed by atoms with Crippen molar-refractivity contribution in [2.75, 3.05) is 0 Å². The number of nitrogens with zero attached hydrogens (tertiary/aromatic N) is 1. The summed E-state index contributed by atoms with van der Waals surface area (Å²) in [6, 6.07) is 3.42. The molecule has 0 spiro atoms. The first-order valence-corrected chi connectivity index (χ1v) is 5.89. The smallest absolute Gasteiger partial charge is 0.0904 e. The van der Waals surface area contributed by atoms with Crippen molar-refractivity contribution in [2.24, 2.45) is 0 Å². The maximum atomic E-state index is 6.11. The van der Waals surface area contributed by atoms with Gasteiger partial charge < -0.3 is 0 Å². The van der Waals surface area contributed by atoms with Crippen LogP contribution in [0.5, 0.6) is 0 Å². The number of halogens is 4. The molecule has 1 aromatic carbocycles. The lowest BCUT2D eigenvalue weighted by Crippen LogP contribution is -1.85. The first-order valence-electron chi connectivity index (χ1n) is 3.68. The van der Waals surface area contributed by atoms with Gasteiger partial charge in [-0.1, -0.05) is 34.8 Å². The Hall–Kier alpha value is 0.230. The SMILES string of the molecule is Clc1cc(Cl)c2ncc(I)c(Cl)c2c1. The molecule has 2 aromatic rings. The lowest BCUT2D eigenvalue weighted by Gasteiger charge is -2.04. The van der Waals surface area contributed by atoms with Gasteiger partial charge in [0.25, 0.3) is 0 Å². The van der Waals surface area contributed by atoms with Crippen molar-refractivity contribution in [2.45, 2.75) is 0 Å². The highest BCUT2D eigenvalue weighted by Crippen LogP contribution is 2.33. The zero-order chi connectivity index (χ0) is 10.3. The fourth-order valence-corrected chi connectivity index (χ4v) is 2.34. The van der Waals surface area contributed by atoms with Crippen molar-refractivity contribution >= 4 is 68.3 Å². The first-order chi connectivity index (χ1) is 6.59. The molecule has 0 aliphatic heterocycles. The van der Waals surface area contributed by atoms with E-state index in [1.54, 1.807) is 18.3 Å². The molecule has 1 nitrogen and oxygen atoms in total. The lowest BCUT2D eigenvalue weighted by atomic mass is 10.2. The lowest BCUT2D eigenvalue weighted by molar-refractivity contribution is 1.39. The van der Waals surface area contributed by atoms with E-state index in [9.17, 15) is 0 Å². The third-order valence-electron chi connectivity index (χ3n) is 1.78. The van der Waals surface area contributed by atoms with Crippen LogP contribution in [0.25, 0.3) is 10.9 Å². The summed E-state index contributed by atoms with van der Waals surface area (Å²) in [6.07, 6.45) is 1.69. The van der Waals surface area contributed by atoms with Gasteiger partial charge in [-0.05, 0) is 34.7 Å². The molecule has 5 heteroatoms. The van der Waals surface area contributed by atoms with Crippen molar-refractivity contribution in [3.63, 3.8) is 0 Å². The van der Waals surface area contributed by atoms with Crippen LogP contribution in [0.3, 0.4) is 0 Å². The molecule has 72 valence electrons. The van der Waals surface area contributed by atoms with Crippen molar-refractivity contribution in [1.82, 2.24) is 4.98 Å². The van der Waals surface area contributed by atoms with Gasteiger partial charge in [0.05, 0.1) is 19.1 Å². The second-order valence-electron chi connectivity index (χ2n) is 2.70. The Labute approximate surface area is 110 Å². The van der Waals surface area contributed by atoms with Gasteiger partial charge in [-0.2, -0.15) is 0 Å². The predicted molar refractivity (Wildman–Crippen MR) is 69.5 cm³/mol. The summed E-state index contributed by atoms with van der Waals surface area (Å²) in [5.74, 6) is 0. The highest BCUT2D eigenvalue weighted by molar-refractivity contribution is 14.1. The van der Waals surface area contributed by atoms with Crippen LogP contribution >= 0.6 is 57.4 Å². The van der Waals surface area contributed by atoms with E-state index in [1.165, 1.54) is 0 Å². The number of hydrogen-bond donors (Lipinski definition) is 0. The van der Waals surface area contributed by atoms with Crippen LogP contribution in [0.15, 0.2) is 18.3 Å². The van der Waals surface area contributed by atoms with Gasteiger partial charge in [-0.15, -0.1) is 0 Å². The van der Waals surface area contributed by atoms with Crippen LogP contribution in [-0.4, -0.2) is 4.98 Å². The zero-order valence-corrected chi connectivity index (χ0v) is 11.1. The molecule has 0 saturated heterocycles. The number of rotatable bonds is 0. The van der Waals surface area contributed by atoms with Crippen molar-refractivity contribution in [1.29, 1.82) is 0 Å². The molecule has 0 aliphatic rings. The van der Waals surface area contributed by atoms with Crippen LogP contribution in [0.2, 0.25) is 15.1 Å². The number of aromatic nitrogens is 1. The highest BCUT2D eigenvalue weighted by atomic mass is 127. The third-order valence-corrected chi connectivity index (χ3v) is 3.83. The third kappa shape index (κ3) is 1.81. The fraction of sp³-hybridized carbons (Fsp3) is 0. The van der Waals surface area contributed by atoms with Crippen LogP contribution < -0.4 is 0 Å². The van der Waals surface area contributed by atoms with Crippen molar-refractivity contribution in [3.8, 4) is 0 Å². The Morgan fingerprint density at radius 3 is 2.57 bits per heavy atom. The molecule has 0 N–H and O–H groups in total. The van der Waals surface area contributed by atoms with Crippen LogP contribution in [0.1, 0.15) is 0 Å². The monoisotopic (exact) mass is 357 g/mol. The average Bonchev–Trinajstić information content (AvgIpc) is 2.12. The number of fused-ring (bicyclic) bond motifs is 1. The van der Waals surface area contributed by atoms with Gasteiger partial charge in [0.2, 0.25) is 0 Å². The van der Waals surface area contributed by atoms with Gasteiger partial charge in [0.15, 0.2) is 0 Å². The summed E-state index contributed by atoms with van der Waals surface area (Å²) in [4.78, 5) is 4.20. The Balaban J connectivity index is 2.95. The Morgan fingerprint density at radius 2 is 1.86 bits per heavy atom. The van der Waals surface area contributed by atoms with E-state index in [0.717, 1.165) is 8.96 Å².